The fourth-order valence-corrected chi connectivity index (χ4v) is 6.10. The van der Waals surface area contributed by atoms with E-state index in [9.17, 15) is 18.0 Å². The van der Waals surface area contributed by atoms with Gasteiger partial charge in [0.15, 0.2) is 5.17 Å². The van der Waals surface area contributed by atoms with Crippen LogP contribution in [0.1, 0.15) is 35.6 Å². The summed E-state index contributed by atoms with van der Waals surface area (Å²) >= 11 is 7.17. The predicted octanol–water partition coefficient (Wildman–Crippen LogP) is 6.26. The fourth-order valence-electron chi connectivity index (χ4n) is 4.96. The SMILES string of the molecule is O=C1N=C(N2CCC(n3ccnc3)CC2)S/C1=C\c1ccc2c(cnn2Cc2ccc(Cl)cc2C(F)(F)F)c1. The van der Waals surface area contributed by atoms with Gasteiger partial charge in [0.1, 0.15) is 0 Å². The maximum Gasteiger partial charge on any atom is 0.416 e. The maximum absolute atomic E-state index is 13.5. The van der Waals surface area contributed by atoms with Gasteiger partial charge in [-0.2, -0.15) is 23.3 Å². The van der Waals surface area contributed by atoms with Crippen molar-refractivity contribution < 1.29 is 18.0 Å². The van der Waals surface area contributed by atoms with Gasteiger partial charge in [0.25, 0.3) is 5.91 Å². The molecule has 2 aromatic heterocycles. The lowest BCUT2D eigenvalue weighted by Gasteiger charge is -2.33. The van der Waals surface area contributed by atoms with Crippen molar-refractivity contribution in [2.24, 2.45) is 4.99 Å². The van der Waals surface area contributed by atoms with Gasteiger partial charge in [-0.15, -0.1) is 0 Å². The Kier molecular flexibility index (Phi) is 6.72. The minimum Gasteiger partial charge on any atom is -0.351 e. The highest BCUT2D eigenvalue weighted by Gasteiger charge is 2.34. The average molecular weight is 571 g/mol. The molecule has 0 atom stereocenters. The smallest absolute Gasteiger partial charge is 0.351 e. The molecule has 2 aliphatic rings. The zero-order valence-electron chi connectivity index (χ0n) is 20.5. The van der Waals surface area contributed by atoms with E-state index in [-0.39, 0.29) is 23.0 Å². The summed E-state index contributed by atoms with van der Waals surface area (Å²) in [6.45, 7) is 1.56. The van der Waals surface area contributed by atoms with Gasteiger partial charge < -0.3 is 9.47 Å². The molecular formula is C27H22ClF3N6OS. The number of amides is 1. The molecule has 0 radical (unpaired) electrons. The van der Waals surface area contributed by atoms with E-state index < -0.39 is 11.7 Å². The number of likely N-dealkylation sites (tertiary alicyclic amines) is 1. The van der Waals surface area contributed by atoms with Crippen LogP contribution in [0, 0.1) is 0 Å². The Balaban J connectivity index is 1.16. The highest BCUT2D eigenvalue weighted by molar-refractivity contribution is 8.18. The summed E-state index contributed by atoms with van der Waals surface area (Å²) in [4.78, 5) is 23.8. The Hall–Kier alpha value is -3.57. The number of rotatable bonds is 4. The Morgan fingerprint density at radius 1 is 1.13 bits per heavy atom. The van der Waals surface area contributed by atoms with Crippen LogP contribution in [0.5, 0.6) is 0 Å². The Morgan fingerprint density at radius 2 is 1.95 bits per heavy atom. The summed E-state index contributed by atoms with van der Waals surface area (Å²) in [6.07, 6.45) is 6.37. The third-order valence-corrected chi connectivity index (χ3v) is 8.23. The molecule has 1 amide bonds. The number of nitrogens with zero attached hydrogens (tertiary/aromatic N) is 6. The molecule has 0 unspecified atom stereocenters. The largest absolute Gasteiger partial charge is 0.416 e. The normalized spacial score (nSPS) is 17.9. The van der Waals surface area contributed by atoms with E-state index in [0.717, 1.165) is 42.9 Å². The van der Waals surface area contributed by atoms with E-state index in [1.54, 1.807) is 24.5 Å². The van der Waals surface area contributed by atoms with E-state index in [1.165, 1.54) is 28.6 Å². The number of piperidine rings is 1. The molecule has 12 heteroatoms. The number of imidazole rings is 1. The van der Waals surface area contributed by atoms with Gasteiger partial charge in [0, 0.05) is 41.9 Å². The second kappa shape index (κ2) is 10.2. The Morgan fingerprint density at radius 3 is 2.69 bits per heavy atom. The van der Waals surface area contributed by atoms with E-state index in [0.29, 0.717) is 21.6 Å². The summed E-state index contributed by atoms with van der Waals surface area (Å²) in [7, 11) is 0. The molecule has 0 aliphatic carbocycles. The number of halogens is 4. The first kappa shape index (κ1) is 25.7. The van der Waals surface area contributed by atoms with Crippen LogP contribution in [-0.4, -0.2) is 48.4 Å². The van der Waals surface area contributed by atoms with Crippen LogP contribution >= 0.6 is 23.4 Å². The van der Waals surface area contributed by atoms with Gasteiger partial charge in [-0.25, -0.2) is 4.98 Å². The fraction of sp³-hybridized carbons (Fsp3) is 0.259. The molecular weight excluding hydrogens is 549 g/mol. The van der Waals surface area contributed by atoms with Crippen molar-refractivity contribution in [2.75, 3.05) is 13.1 Å². The van der Waals surface area contributed by atoms with E-state index in [1.807, 2.05) is 24.7 Å². The molecule has 4 aromatic rings. The van der Waals surface area contributed by atoms with Crippen molar-refractivity contribution in [3.05, 3.63) is 87.9 Å². The minimum absolute atomic E-state index is 0.0273. The second-order valence-corrected chi connectivity index (χ2v) is 10.9. The lowest BCUT2D eigenvalue weighted by molar-refractivity contribution is -0.138. The van der Waals surface area contributed by atoms with Gasteiger partial charge in [0.2, 0.25) is 0 Å². The lowest BCUT2D eigenvalue weighted by atomic mass is 10.1. The minimum atomic E-state index is -4.52. The van der Waals surface area contributed by atoms with Crippen LogP contribution in [0.15, 0.2) is 71.2 Å². The highest BCUT2D eigenvalue weighted by atomic mass is 35.5. The first-order valence-corrected chi connectivity index (χ1v) is 13.5. The number of hydrogen-bond acceptors (Lipinski definition) is 5. The van der Waals surface area contributed by atoms with Crippen LogP contribution in [-0.2, 0) is 17.5 Å². The first-order valence-electron chi connectivity index (χ1n) is 12.3. The number of thioether (sulfide) groups is 1. The van der Waals surface area contributed by atoms with Crippen LogP contribution in [0.4, 0.5) is 13.2 Å². The zero-order valence-corrected chi connectivity index (χ0v) is 22.0. The number of benzene rings is 2. The number of alkyl halides is 3. The van der Waals surface area contributed by atoms with E-state index >= 15 is 0 Å². The zero-order chi connectivity index (χ0) is 27.1. The Bertz CT molecular complexity index is 1600. The van der Waals surface area contributed by atoms with Crippen molar-refractivity contribution in [2.45, 2.75) is 31.6 Å². The van der Waals surface area contributed by atoms with Gasteiger partial charge in [0.05, 0.1) is 35.1 Å². The van der Waals surface area contributed by atoms with Crippen molar-refractivity contribution in [1.82, 2.24) is 24.2 Å². The van der Waals surface area contributed by atoms with Gasteiger partial charge >= 0.3 is 6.18 Å². The molecule has 200 valence electrons. The summed E-state index contributed by atoms with van der Waals surface area (Å²) < 4.78 is 44.2. The third kappa shape index (κ3) is 5.33. The topological polar surface area (TPSA) is 68.3 Å². The molecule has 0 N–H and O–H groups in total. The molecule has 0 bridgehead atoms. The summed E-state index contributed by atoms with van der Waals surface area (Å²) in [6, 6.07) is 9.62. The Labute approximate surface area is 231 Å². The number of carbonyl (C=O) groups excluding carboxylic acids is 1. The molecule has 1 fully saturated rings. The molecule has 2 aliphatic heterocycles. The average Bonchev–Trinajstić information content (AvgIpc) is 3.66. The van der Waals surface area contributed by atoms with E-state index in [2.05, 4.69) is 24.5 Å². The third-order valence-electron chi connectivity index (χ3n) is 6.95. The van der Waals surface area contributed by atoms with Crippen molar-refractivity contribution in [3.8, 4) is 0 Å². The molecule has 7 nitrogen and oxygen atoms in total. The predicted molar refractivity (Wildman–Crippen MR) is 145 cm³/mol. The van der Waals surface area contributed by atoms with Crippen molar-refractivity contribution in [3.63, 3.8) is 0 Å². The highest BCUT2D eigenvalue weighted by Crippen LogP contribution is 2.35. The molecule has 0 spiro atoms. The summed E-state index contributed by atoms with van der Waals surface area (Å²) in [5.74, 6) is -0.273. The van der Waals surface area contributed by atoms with Gasteiger partial charge in [-0.3, -0.25) is 9.48 Å². The van der Waals surface area contributed by atoms with Crippen LogP contribution in [0.3, 0.4) is 0 Å². The second-order valence-electron chi connectivity index (χ2n) is 9.46. The number of aromatic nitrogens is 4. The van der Waals surface area contributed by atoms with Gasteiger partial charge in [-0.05, 0) is 66.1 Å². The molecule has 0 saturated carbocycles. The molecule has 6 rings (SSSR count). The first-order chi connectivity index (χ1) is 18.7. The van der Waals surface area contributed by atoms with Crippen molar-refractivity contribution >= 4 is 51.4 Å². The summed E-state index contributed by atoms with van der Waals surface area (Å²) in [5, 5.41) is 5.81. The molecule has 2 aromatic carbocycles. The number of hydrogen-bond donors (Lipinski definition) is 0. The number of amidine groups is 1. The quantitative estimate of drug-likeness (QED) is 0.271. The summed E-state index contributed by atoms with van der Waals surface area (Å²) in [5.41, 5.74) is 0.771. The van der Waals surface area contributed by atoms with Crippen LogP contribution in [0.25, 0.3) is 17.0 Å². The van der Waals surface area contributed by atoms with E-state index in [4.69, 9.17) is 11.6 Å². The standard InChI is InChI=1S/C27H22ClF3N6OS/c28-20-3-2-18(22(13-20)27(29,30)31)15-37-23-4-1-17(11-19(23)14-33-37)12-24-25(38)34-26(39-24)35-8-5-21(6-9-35)36-10-7-32-16-36/h1-4,7,10-14,16,21H,5-6,8-9,15H2/b24-12-. The van der Waals surface area contributed by atoms with Crippen molar-refractivity contribution in [1.29, 1.82) is 0 Å². The van der Waals surface area contributed by atoms with Crippen LogP contribution < -0.4 is 0 Å². The van der Waals surface area contributed by atoms with Gasteiger partial charge in [-0.1, -0.05) is 23.7 Å². The molecule has 4 heterocycles. The monoisotopic (exact) mass is 570 g/mol. The number of carbonyl (C=O) groups is 1. The van der Waals surface area contributed by atoms with Crippen LogP contribution in [0.2, 0.25) is 5.02 Å². The molecule has 39 heavy (non-hydrogen) atoms. The number of fused-ring (bicyclic) bond motifs is 1. The maximum atomic E-state index is 13.5. The number of aliphatic imine (C=N–C) groups is 1. The lowest BCUT2D eigenvalue weighted by Crippen LogP contribution is -2.37. The molecule has 1 saturated heterocycles.